The second-order valence-electron chi connectivity index (χ2n) is 4.90. The second-order valence-corrected chi connectivity index (χ2v) is 4.90. The predicted molar refractivity (Wildman–Crippen MR) is 68.0 cm³/mol. The van der Waals surface area contributed by atoms with Crippen LogP contribution < -0.4 is 11.1 Å². The zero-order valence-electron chi connectivity index (χ0n) is 10.9. The number of nitrogen functional groups attached to an aromatic ring is 1. The van der Waals surface area contributed by atoms with E-state index in [0.717, 1.165) is 6.07 Å². The maximum Gasteiger partial charge on any atom is 0.251 e. The Balaban J connectivity index is 1.89. The summed E-state index contributed by atoms with van der Waals surface area (Å²) >= 11 is 0. The van der Waals surface area contributed by atoms with Crippen molar-refractivity contribution in [2.75, 3.05) is 18.9 Å². The van der Waals surface area contributed by atoms with Gasteiger partial charge in [0.1, 0.15) is 11.9 Å². The molecule has 1 heterocycles. The normalized spacial score (nSPS) is 21.3. The Labute approximate surface area is 110 Å². The molecule has 0 aromatic heterocycles. The van der Waals surface area contributed by atoms with Gasteiger partial charge in [0, 0.05) is 12.1 Å². The first-order chi connectivity index (χ1) is 8.87. The second kappa shape index (κ2) is 5.14. The van der Waals surface area contributed by atoms with E-state index >= 15 is 0 Å². The molecule has 1 amide bonds. The highest BCUT2D eigenvalue weighted by Crippen LogP contribution is 2.21. The van der Waals surface area contributed by atoms with Crippen molar-refractivity contribution < 1.29 is 18.7 Å². The average Bonchev–Trinajstić information content (AvgIpc) is 2.69. The van der Waals surface area contributed by atoms with Crippen molar-refractivity contribution in [1.82, 2.24) is 5.32 Å². The first kappa shape index (κ1) is 13.8. The van der Waals surface area contributed by atoms with Crippen molar-refractivity contribution in [1.29, 1.82) is 0 Å². The number of nitrogens with one attached hydrogen (secondary N) is 1. The molecule has 6 heteroatoms. The molecule has 19 heavy (non-hydrogen) atoms. The standard InChI is InChI=1S/C13H17FN2O3/c1-13(2)18-7-9(19-13)6-16-12(17)8-3-4-11(15)10(14)5-8/h3-5,9H,6-7,15H2,1-2H3,(H,16,17). The van der Waals surface area contributed by atoms with Gasteiger partial charge in [0.05, 0.1) is 12.3 Å². The Morgan fingerprint density at radius 2 is 2.32 bits per heavy atom. The molecule has 104 valence electrons. The molecule has 1 fully saturated rings. The maximum absolute atomic E-state index is 13.2. The van der Waals surface area contributed by atoms with E-state index in [0.29, 0.717) is 13.2 Å². The zero-order chi connectivity index (χ0) is 14.0. The third-order valence-electron chi connectivity index (χ3n) is 2.82. The molecule has 0 saturated carbocycles. The highest BCUT2D eigenvalue weighted by Gasteiger charge is 2.32. The van der Waals surface area contributed by atoms with Gasteiger partial charge in [0.25, 0.3) is 5.91 Å². The maximum atomic E-state index is 13.2. The Hall–Kier alpha value is -1.66. The lowest BCUT2D eigenvalue weighted by Crippen LogP contribution is -2.34. The fourth-order valence-electron chi connectivity index (χ4n) is 1.84. The van der Waals surface area contributed by atoms with E-state index in [4.69, 9.17) is 15.2 Å². The number of carbonyl (C=O) groups is 1. The average molecular weight is 268 g/mol. The van der Waals surface area contributed by atoms with Crippen LogP contribution in [0.4, 0.5) is 10.1 Å². The summed E-state index contributed by atoms with van der Waals surface area (Å²) in [5.41, 5.74) is 5.59. The summed E-state index contributed by atoms with van der Waals surface area (Å²) in [6.45, 7) is 4.35. The van der Waals surface area contributed by atoms with Crippen molar-refractivity contribution in [2.24, 2.45) is 0 Å². The molecule has 0 radical (unpaired) electrons. The number of benzene rings is 1. The first-order valence-corrected chi connectivity index (χ1v) is 6.02. The van der Waals surface area contributed by atoms with E-state index < -0.39 is 11.6 Å². The van der Waals surface area contributed by atoms with Gasteiger partial charge in [-0.25, -0.2) is 4.39 Å². The summed E-state index contributed by atoms with van der Waals surface area (Å²) in [5.74, 6) is -1.59. The quantitative estimate of drug-likeness (QED) is 0.810. The number of amides is 1. The van der Waals surface area contributed by atoms with Crippen molar-refractivity contribution in [3.05, 3.63) is 29.6 Å². The van der Waals surface area contributed by atoms with Gasteiger partial charge in [0.2, 0.25) is 0 Å². The number of rotatable bonds is 3. The van der Waals surface area contributed by atoms with Crippen LogP contribution in [0.5, 0.6) is 0 Å². The number of nitrogens with two attached hydrogens (primary N) is 1. The molecule has 0 spiro atoms. The number of hydrogen-bond donors (Lipinski definition) is 2. The molecule has 1 aliphatic heterocycles. The molecule has 1 atom stereocenters. The van der Waals surface area contributed by atoms with E-state index in [9.17, 15) is 9.18 Å². The summed E-state index contributed by atoms with van der Waals surface area (Å²) in [7, 11) is 0. The first-order valence-electron chi connectivity index (χ1n) is 6.02. The highest BCUT2D eigenvalue weighted by atomic mass is 19.1. The van der Waals surface area contributed by atoms with E-state index in [1.807, 2.05) is 13.8 Å². The molecular formula is C13H17FN2O3. The molecule has 1 saturated heterocycles. The van der Waals surface area contributed by atoms with Gasteiger partial charge in [-0.2, -0.15) is 0 Å². The van der Waals surface area contributed by atoms with Gasteiger partial charge in [-0.3, -0.25) is 4.79 Å². The Morgan fingerprint density at radius 1 is 1.58 bits per heavy atom. The van der Waals surface area contributed by atoms with Crippen molar-refractivity contribution >= 4 is 11.6 Å². The molecule has 1 aromatic carbocycles. The smallest absolute Gasteiger partial charge is 0.251 e. The Kier molecular flexibility index (Phi) is 3.73. The fourth-order valence-corrected chi connectivity index (χ4v) is 1.84. The van der Waals surface area contributed by atoms with Crippen molar-refractivity contribution in [3.63, 3.8) is 0 Å². The fraction of sp³-hybridized carbons (Fsp3) is 0.462. The largest absolute Gasteiger partial charge is 0.396 e. The van der Waals surface area contributed by atoms with Crippen LogP contribution in [-0.2, 0) is 9.47 Å². The molecule has 0 aliphatic carbocycles. The molecule has 5 nitrogen and oxygen atoms in total. The van der Waals surface area contributed by atoms with Gasteiger partial charge in [-0.1, -0.05) is 0 Å². The molecular weight excluding hydrogens is 251 g/mol. The number of ether oxygens (including phenoxy) is 2. The predicted octanol–water partition coefficient (Wildman–Crippen LogP) is 1.29. The molecule has 1 aliphatic rings. The lowest BCUT2D eigenvalue weighted by Gasteiger charge is -2.17. The summed E-state index contributed by atoms with van der Waals surface area (Å²) in [4.78, 5) is 11.8. The van der Waals surface area contributed by atoms with Crippen molar-refractivity contribution in [2.45, 2.75) is 25.7 Å². The number of halogens is 1. The molecule has 1 aromatic rings. The number of anilines is 1. The van der Waals surface area contributed by atoms with E-state index in [-0.39, 0.29) is 23.3 Å². The number of carbonyl (C=O) groups excluding carboxylic acids is 1. The lowest BCUT2D eigenvalue weighted by molar-refractivity contribution is -0.137. The zero-order valence-corrected chi connectivity index (χ0v) is 10.9. The summed E-state index contributed by atoms with van der Waals surface area (Å²) in [6, 6.07) is 3.95. The molecule has 0 bridgehead atoms. The van der Waals surface area contributed by atoms with Crippen LogP contribution >= 0.6 is 0 Å². The number of hydrogen-bond acceptors (Lipinski definition) is 4. The SMILES string of the molecule is CC1(C)OCC(CNC(=O)c2ccc(N)c(F)c2)O1. The van der Waals surface area contributed by atoms with Gasteiger partial charge in [0.15, 0.2) is 5.79 Å². The summed E-state index contributed by atoms with van der Waals surface area (Å²) in [5, 5.41) is 2.67. The molecule has 3 N–H and O–H groups in total. The van der Waals surface area contributed by atoms with Gasteiger partial charge in [-0.05, 0) is 32.0 Å². The van der Waals surface area contributed by atoms with Crippen LogP contribution in [0, 0.1) is 5.82 Å². The Morgan fingerprint density at radius 3 is 2.89 bits per heavy atom. The van der Waals surface area contributed by atoms with E-state index in [1.54, 1.807) is 0 Å². The Bertz CT molecular complexity index is 491. The van der Waals surface area contributed by atoms with E-state index in [2.05, 4.69) is 5.32 Å². The third kappa shape index (κ3) is 3.42. The highest BCUT2D eigenvalue weighted by molar-refractivity contribution is 5.94. The summed E-state index contributed by atoms with van der Waals surface area (Å²) in [6.07, 6.45) is -0.197. The minimum atomic E-state index is -0.622. The van der Waals surface area contributed by atoms with Gasteiger partial charge >= 0.3 is 0 Å². The van der Waals surface area contributed by atoms with Gasteiger partial charge < -0.3 is 20.5 Å². The molecule has 2 rings (SSSR count). The monoisotopic (exact) mass is 268 g/mol. The summed E-state index contributed by atoms with van der Waals surface area (Å²) < 4.78 is 24.2. The van der Waals surface area contributed by atoms with Crippen LogP contribution in [-0.4, -0.2) is 30.9 Å². The molecule has 1 unspecified atom stereocenters. The third-order valence-corrected chi connectivity index (χ3v) is 2.82. The lowest BCUT2D eigenvalue weighted by atomic mass is 10.2. The minimum Gasteiger partial charge on any atom is -0.396 e. The van der Waals surface area contributed by atoms with Crippen molar-refractivity contribution in [3.8, 4) is 0 Å². The van der Waals surface area contributed by atoms with Gasteiger partial charge in [-0.15, -0.1) is 0 Å². The van der Waals surface area contributed by atoms with Crippen LogP contribution in [0.2, 0.25) is 0 Å². The minimum absolute atomic E-state index is 0.0193. The van der Waals surface area contributed by atoms with E-state index in [1.165, 1.54) is 12.1 Å². The van der Waals surface area contributed by atoms with Crippen LogP contribution in [0.15, 0.2) is 18.2 Å². The van der Waals surface area contributed by atoms with Crippen LogP contribution in [0.3, 0.4) is 0 Å². The van der Waals surface area contributed by atoms with Crippen LogP contribution in [0.25, 0.3) is 0 Å². The topological polar surface area (TPSA) is 73.6 Å². The van der Waals surface area contributed by atoms with Crippen LogP contribution in [0.1, 0.15) is 24.2 Å².